The predicted molar refractivity (Wildman–Crippen MR) is 99.4 cm³/mol. The highest BCUT2D eigenvalue weighted by atomic mass is 16.5. The number of esters is 1. The monoisotopic (exact) mass is 349 g/mol. The van der Waals surface area contributed by atoms with Crippen LogP contribution < -0.4 is 5.32 Å². The molecule has 1 N–H and O–H groups in total. The highest BCUT2D eigenvalue weighted by molar-refractivity contribution is 5.84. The third-order valence-corrected chi connectivity index (χ3v) is 5.41. The van der Waals surface area contributed by atoms with Crippen LogP contribution in [0.25, 0.3) is 11.1 Å². The van der Waals surface area contributed by atoms with Gasteiger partial charge in [-0.15, -0.1) is 0 Å². The van der Waals surface area contributed by atoms with Crippen molar-refractivity contribution in [2.75, 3.05) is 6.54 Å². The Bertz CT molecular complexity index is 778. The van der Waals surface area contributed by atoms with Crippen molar-refractivity contribution >= 4 is 11.9 Å². The van der Waals surface area contributed by atoms with E-state index >= 15 is 0 Å². The lowest BCUT2D eigenvalue weighted by molar-refractivity contribution is -0.147. The molecule has 134 valence electrons. The summed E-state index contributed by atoms with van der Waals surface area (Å²) in [7, 11) is 0. The summed E-state index contributed by atoms with van der Waals surface area (Å²) in [6, 6.07) is 16.0. The molecule has 1 amide bonds. The molecular weight excluding hydrogens is 326 g/mol. The van der Waals surface area contributed by atoms with Crippen molar-refractivity contribution in [3.8, 4) is 11.1 Å². The van der Waals surface area contributed by atoms with E-state index in [2.05, 4.69) is 5.32 Å². The first-order valence-corrected chi connectivity index (χ1v) is 9.39. The van der Waals surface area contributed by atoms with E-state index in [0.29, 0.717) is 0 Å². The maximum atomic E-state index is 12.4. The first-order valence-electron chi connectivity index (χ1n) is 9.39. The zero-order valence-electron chi connectivity index (χ0n) is 14.7. The molecule has 2 aromatic carbocycles. The number of carbonyl (C=O) groups excluding carboxylic acids is 2. The predicted octanol–water partition coefficient (Wildman–Crippen LogP) is 4.00. The highest BCUT2D eigenvalue weighted by Crippen LogP contribution is 2.44. The summed E-state index contributed by atoms with van der Waals surface area (Å²) >= 11 is 0. The van der Waals surface area contributed by atoms with Crippen molar-refractivity contribution in [3.63, 3.8) is 0 Å². The number of ether oxygens (including phenoxy) is 1. The second-order valence-corrected chi connectivity index (χ2v) is 7.10. The number of amides is 1. The molecule has 1 saturated carbocycles. The fraction of sp³-hybridized carbons (Fsp3) is 0.364. The Hall–Kier alpha value is -2.62. The van der Waals surface area contributed by atoms with Crippen molar-refractivity contribution in [1.29, 1.82) is 0 Å². The average molecular weight is 349 g/mol. The second-order valence-electron chi connectivity index (χ2n) is 7.10. The zero-order valence-corrected chi connectivity index (χ0v) is 14.7. The molecule has 0 spiro atoms. The molecule has 26 heavy (non-hydrogen) atoms. The Morgan fingerprint density at radius 3 is 2.08 bits per heavy atom. The van der Waals surface area contributed by atoms with E-state index in [1.165, 1.54) is 6.42 Å². The fourth-order valence-electron chi connectivity index (χ4n) is 4.08. The van der Waals surface area contributed by atoms with E-state index in [1.807, 2.05) is 48.5 Å². The van der Waals surface area contributed by atoms with Crippen LogP contribution in [0.1, 0.15) is 49.3 Å². The lowest BCUT2D eigenvalue weighted by Gasteiger charge is -2.21. The van der Waals surface area contributed by atoms with Gasteiger partial charge >= 0.3 is 5.97 Å². The Labute approximate surface area is 153 Å². The van der Waals surface area contributed by atoms with E-state index in [0.717, 1.165) is 47.9 Å². The molecule has 0 bridgehead atoms. The summed E-state index contributed by atoms with van der Waals surface area (Å²) in [5, 5.41) is 2.76. The minimum atomic E-state index is -0.401. The molecule has 2 aliphatic carbocycles. The number of nitrogens with one attached hydrogen (secondary N) is 1. The number of fused-ring (bicyclic) bond motifs is 3. The maximum absolute atomic E-state index is 12.4. The first-order chi connectivity index (χ1) is 12.7. The van der Waals surface area contributed by atoms with Gasteiger partial charge in [-0.25, -0.2) is 0 Å². The van der Waals surface area contributed by atoms with Gasteiger partial charge in [0, 0.05) is 17.0 Å². The van der Waals surface area contributed by atoms with Crippen molar-refractivity contribution in [2.45, 2.75) is 38.2 Å². The zero-order chi connectivity index (χ0) is 17.9. The number of hydrogen-bond donors (Lipinski definition) is 1. The molecule has 4 nitrogen and oxygen atoms in total. The Morgan fingerprint density at radius 2 is 1.46 bits per heavy atom. The standard InChI is InChI=1S/C22H23NO3/c24-20(14-23-22(25)15-8-2-1-3-9-15)26-21-18-12-6-4-10-16(18)17-11-5-7-13-19(17)21/h4-7,10-13,15,21H,1-3,8-9,14H2,(H,23,25). The first kappa shape index (κ1) is 16.8. The van der Waals surface area contributed by atoms with Gasteiger partial charge in [0.05, 0.1) is 0 Å². The lowest BCUT2D eigenvalue weighted by atomic mass is 9.89. The summed E-state index contributed by atoms with van der Waals surface area (Å²) in [5.41, 5.74) is 4.21. The fourth-order valence-corrected chi connectivity index (χ4v) is 4.08. The molecule has 0 unspecified atom stereocenters. The van der Waals surface area contributed by atoms with Crippen LogP contribution in [0, 0.1) is 5.92 Å². The van der Waals surface area contributed by atoms with Crippen LogP contribution in [0.5, 0.6) is 0 Å². The van der Waals surface area contributed by atoms with E-state index < -0.39 is 12.1 Å². The Balaban J connectivity index is 1.42. The SMILES string of the molecule is O=C(CNC(=O)C1CCCCC1)OC1c2ccccc2-c2ccccc21. The van der Waals surface area contributed by atoms with Crippen LogP contribution in [0.4, 0.5) is 0 Å². The van der Waals surface area contributed by atoms with Gasteiger partial charge in [-0.05, 0) is 24.0 Å². The largest absolute Gasteiger partial charge is 0.451 e. The molecule has 2 aliphatic rings. The minimum absolute atomic E-state index is 0.0196. The number of carbonyl (C=O) groups is 2. The third-order valence-electron chi connectivity index (χ3n) is 5.41. The normalized spacial score (nSPS) is 16.6. The van der Waals surface area contributed by atoms with Crippen LogP contribution in [0.3, 0.4) is 0 Å². The summed E-state index contributed by atoms with van der Waals surface area (Å²) in [6.07, 6.45) is 4.83. The molecule has 1 fully saturated rings. The van der Waals surface area contributed by atoms with Crippen LogP contribution in [0.15, 0.2) is 48.5 Å². The molecule has 4 heteroatoms. The van der Waals surface area contributed by atoms with Gasteiger partial charge in [0.25, 0.3) is 0 Å². The van der Waals surface area contributed by atoms with Gasteiger partial charge in [0.1, 0.15) is 6.54 Å². The van der Waals surface area contributed by atoms with Gasteiger partial charge in [0.15, 0.2) is 6.10 Å². The number of hydrogen-bond acceptors (Lipinski definition) is 3. The summed E-state index contributed by atoms with van der Waals surface area (Å²) in [4.78, 5) is 24.6. The van der Waals surface area contributed by atoms with Crippen LogP contribution >= 0.6 is 0 Å². The summed E-state index contributed by atoms with van der Waals surface area (Å²) in [6.45, 7) is -0.0732. The van der Waals surface area contributed by atoms with Crippen molar-refractivity contribution in [1.82, 2.24) is 5.32 Å². The van der Waals surface area contributed by atoms with E-state index in [1.54, 1.807) is 0 Å². The minimum Gasteiger partial charge on any atom is -0.451 e. The van der Waals surface area contributed by atoms with Gasteiger partial charge in [-0.1, -0.05) is 67.8 Å². The van der Waals surface area contributed by atoms with E-state index in [4.69, 9.17) is 4.74 Å². The number of benzene rings is 2. The smallest absolute Gasteiger partial charge is 0.326 e. The topological polar surface area (TPSA) is 55.4 Å². The Kier molecular flexibility index (Phi) is 4.74. The molecule has 0 aromatic heterocycles. The van der Waals surface area contributed by atoms with Crippen LogP contribution in [0.2, 0.25) is 0 Å². The average Bonchev–Trinajstić information content (AvgIpc) is 3.01. The van der Waals surface area contributed by atoms with Crippen LogP contribution in [-0.4, -0.2) is 18.4 Å². The molecule has 0 radical (unpaired) electrons. The van der Waals surface area contributed by atoms with E-state index in [9.17, 15) is 9.59 Å². The van der Waals surface area contributed by atoms with Gasteiger partial charge < -0.3 is 10.1 Å². The van der Waals surface area contributed by atoms with Gasteiger partial charge in [-0.2, -0.15) is 0 Å². The molecule has 4 rings (SSSR count). The van der Waals surface area contributed by atoms with Crippen molar-refractivity contribution in [2.24, 2.45) is 5.92 Å². The molecule has 0 saturated heterocycles. The molecular formula is C22H23NO3. The van der Waals surface area contributed by atoms with Crippen molar-refractivity contribution in [3.05, 3.63) is 59.7 Å². The lowest BCUT2D eigenvalue weighted by Crippen LogP contribution is -2.36. The van der Waals surface area contributed by atoms with Gasteiger partial charge in [0.2, 0.25) is 5.91 Å². The maximum Gasteiger partial charge on any atom is 0.326 e. The highest BCUT2D eigenvalue weighted by Gasteiger charge is 2.31. The summed E-state index contributed by atoms with van der Waals surface area (Å²) in [5.74, 6) is -0.371. The summed E-state index contributed by atoms with van der Waals surface area (Å²) < 4.78 is 5.75. The second kappa shape index (κ2) is 7.32. The molecule has 0 aliphatic heterocycles. The Morgan fingerprint density at radius 1 is 0.885 bits per heavy atom. The quantitative estimate of drug-likeness (QED) is 0.849. The molecule has 0 atom stereocenters. The molecule has 0 heterocycles. The molecule has 2 aromatic rings. The number of rotatable bonds is 4. The third kappa shape index (κ3) is 3.24. The van der Waals surface area contributed by atoms with Crippen molar-refractivity contribution < 1.29 is 14.3 Å². The van der Waals surface area contributed by atoms with E-state index in [-0.39, 0.29) is 18.4 Å². The van der Waals surface area contributed by atoms with Gasteiger partial charge in [-0.3, -0.25) is 9.59 Å². The van der Waals surface area contributed by atoms with Crippen LogP contribution in [-0.2, 0) is 14.3 Å².